The molecule has 1 saturated heterocycles. The Bertz CT molecular complexity index is 589. The Morgan fingerprint density at radius 1 is 1.29 bits per heavy atom. The Morgan fingerprint density at radius 3 is 2.50 bits per heavy atom. The second kappa shape index (κ2) is 7.52. The standard InChI is InChI=1S/C15H17F3N2O4/c16-15(17,18)24-12-3-1-10(2-4-12)7-19-13(21)9-20-6-5-11(8-20)14(22)23/h1-4,11H,5-9H2,(H,19,21)(H,22,23). The number of benzene rings is 1. The van der Waals surface area contributed by atoms with Gasteiger partial charge in [-0.1, -0.05) is 12.1 Å². The van der Waals surface area contributed by atoms with Gasteiger partial charge in [0.05, 0.1) is 12.5 Å². The first-order chi connectivity index (χ1) is 11.2. The van der Waals surface area contributed by atoms with E-state index in [9.17, 15) is 22.8 Å². The largest absolute Gasteiger partial charge is 0.573 e. The van der Waals surface area contributed by atoms with E-state index in [1.165, 1.54) is 24.3 Å². The first-order valence-electron chi connectivity index (χ1n) is 7.29. The van der Waals surface area contributed by atoms with Crippen molar-refractivity contribution < 1.29 is 32.6 Å². The third kappa shape index (κ3) is 5.73. The molecule has 0 aromatic heterocycles. The normalized spacial score (nSPS) is 18.4. The number of carboxylic acids is 1. The molecule has 9 heteroatoms. The van der Waals surface area contributed by atoms with Crippen LogP contribution >= 0.6 is 0 Å². The van der Waals surface area contributed by atoms with E-state index in [0.29, 0.717) is 25.1 Å². The number of likely N-dealkylation sites (tertiary alicyclic amines) is 1. The van der Waals surface area contributed by atoms with Crippen molar-refractivity contribution in [2.45, 2.75) is 19.3 Å². The fourth-order valence-electron chi connectivity index (χ4n) is 2.45. The summed E-state index contributed by atoms with van der Waals surface area (Å²) in [5.74, 6) is -1.90. The van der Waals surface area contributed by atoms with Gasteiger partial charge in [0.2, 0.25) is 5.91 Å². The quantitative estimate of drug-likeness (QED) is 0.818. The molecule has 1 aliphatic rings. The number of hydrogen-bond acceptors (Lipinski definition) is 4. The van der Waals surface area contributed by atoms with Crippen LogP contribution in [0.4, 0.5) is 13.2 Å². The highest BCUT2D eigenvalue weighted by molar-refractivity contribution is 5.78. The first kappa shape index (κ1) is 18.1. The van der Waals surface area contributed by atoms with Crippen LogP contribution in [-0.2, 0) is 16.1 Å². The smallest absolute Gasteiger partial charge is 0.481 e. The molecule has 1 heterocycles. The molecule has 1 amide bonds. The van der Waals surface area contributed by atoms with Crippen molar-refractivity contribution >= 4 is 11.9 Å². The van der Waals surface area contributed by atoms with Gasteiger partial charge in [-0.25, -0.2) is 0 Å². The van der Waals surface area contributed by atoms with E-state index in [1.54, 1.807) is 4.90 Å². The molecule has 24 heavy (non-hydrogen) atoms. The molecule has 1 aliphatic heterocycles. The second-order valence-electron chi connectivity index (χ2n) is 5.53. The molecule has 6 nitrogen and oxygen atoms in total. The fraction of sp³-hybridized carbons (Fsp3) is 0.467. The molecule has 2 N–H and O–H groups in total. The zero-order valence-corrected chi connectivity index (χ0v) is 12.7. The third-order valence-electron chi connectivity index (χ3n) is 3.64. The van der Waals surface area contributed by atoms with Crippen molar-refractivity contribution in [1.82, 2.24) is 10.2 Å². The zero-order chi connectivity index (χ0) is 17.7. The maximum absolute atomic E-state index is 12.0. The number of carbonyl (C=O) groups excluding carboxylic acids is 1. The highest BCUT2D eigenvalue weighted by Crippen LogP contribution is 2.22. The number of carboxylic acid groups (broad SMARTS) is 1. The van der Waals surface area contributed by atoms with Gasteiger partial charge in [-0.15, -0.1) is 13.2 Å². The molecule has 0 saturated carbocycles. The van der Waals surface area contributed by atoms with E-state index >= 15 is 0 Å². The summed E-state index contributed by atoms with van der Waals surface area (Å²) in [6, 6.07) is 5.20. The minimum absolute atomic E-state index is 0.0963. The van der Waals surface area contributed by atoms with Crippen LogP contribution in [0, 0.1) is 5.92 Å². The second-order valence-corrected chi connectivity index (χ2v) is 5.53. The summed E-state index contributed by atoms with van der Waals surface area (Å²) < 4.78 is 39.9. The number of rotatable bonds is 6. The number of nitrogens with one attached hydrogen (secondary N) is 1. The lowest BCUT2D eigenvalue weighted by Gasteiger charge is -2.15. The maximum atomic E-state index is 12.0. The van der Waals surface area contributed by atoms with E-state index in [-0.39, 0.29) is 24.7 Å². The van der Waals surface area contributed by atoms with Crippen LogP contribution in [0.3, 0.4) is 0 Å². The van der Waals surface area contributed by atoms with Crippen LogP contribution in [0.15, 0.2) is 24.3 Å². The van der Waals surface area contributed by atoms with Crippen molar-refractivity contribution in [2.24, 2.45) is 5.92 Å². The Labute approximate surface area is 136 Å². The van der Waals surface area contributed by atoms with Crippen LogP contribution in [-0.4, -0.2) is 47.9 Å². The van der Waals surface area contributed by atoms with E-state index < -0.39 is 18.2 Å². The van der Waals surface area contributed by atoms with Gasteiger partial charge in [0.1, 0.15) is 5.75 Å². The fourth-order valence-corrected chi connectivity index (χ4v) is 2.45. The molecular formula is C15H17F3N2O4. The van der Waals surface area contributed by atoms with Crippen molar-refractivity contribution in [3.8, 4) is 5.75 Å². The van der Waals surface area contributed by atoms with Crippen molar-refractivity contribution in [2.75, 3.05) is 19.6 Å². The van der Waals surface area contributed by atoms with Crippen molar-refractivity contribution in [1.29, 1.82) is 0 Å². The van der Waals surface area contributed by atoms with Crippen LogP contribution < -0.4 is 10.1 Å². The van der Waals surface area contributed by atoms with Gasteiger partial charge in [-0.2, -0.15) is 0 Å². The number of alkyl halides is 3. The van der Waals surface area contributed by atoms with E-state index in [4.69, 9.17) is 5.11 Å². The maximum Gasteiger partial charge on any atom is 0.573 e. The lowest BCUT2D eigenvalue weighted by Crippen LogP contribution is -2.36. The van der Waals surface area contributed by atoms with Crippen molar-refractivity contribution in [3.63, 3.8) is 0 Å². The molecule has 2 rings (SSSR count). The Kier molecular flexibility index (Phi) is 5.66. The highest BCUT2D eigenvalue weighted by Gasteiger charge is 2.31. The predicted octanol–water partition coefficient (Wildman–Crippen LogP) is 1.61. The van der Waals surface area contributed by atoms with Crippen molar-refractivity contribution in [3.05, 3.63) is 29.8 Å². The SMILES string of the molecule is O=C(CN1CCC(C(=O)O)C1)NCc1ccc(OC(F)(F)F)cc1. The molecule has 1 aromatic carbocycles. The van der Waals surface area contributed by atoms with Crippen LogP contribution in [0.5, 0.6) is 5.75 Å². The summed E-state index contributed by atoms with van der Waals surface area (Å²) in [7, 11) is 0. The third-order valence-corrected chi connectivity index (χ3v) is 3.64. The summed E-state index contributed by atoms with van der Waals surface area (Å²) in [5, 5.41) is 11.5. The monoisotopic (exact) mass is 346 g/mol. The van der Waals surface area contributed by atoms with Crippen LogP contribution in [0.2, 0.25) is 0 Å². The average Bonchev–Trinajstić information content (AvgIpc) is 2.93. The number of aliphatic carboxylic acids is 1. The van der Waals surface area contributed by atoms with E-state index in [0.717, 1.165) is 0 Å². The molecule has 0 radical (unpaired) electrons. The average molecular weight is 346 g/mol. The van der Waals surface area contributed by atoms with Crippen LogP contribution in [0.25, 0.3) is 0 Å². The Hall–Kier alpha value is -2.29. The summed E-state index contributed by atoms with van der Waals surface area (Å²) >= 11 is 0. The Balaban J connectivity index is 1.75. The number of ether oxygens (including phenoxy) is 1. The van der Waals surface area contributed by atoms with Gasteiger partial charge in [0, 0.05) is 13.1 Å². The summed E-state index contributed by atoms with van der Waals surface area (Å²) in [6.45, 7) is 1.15. The first-order valence-corrected chi connectivity index (χ1v) is 7.29. The summed E-state index contributed by atoms with van der Waals surface area (Å²) in [5.41, 5.74) is 0.628. The number of hydrogen-bond donors (Lipinski definition) is 2. The van der Waals surface area contributed by atoms with Gasteiger partial charge in [0.15, 0.2) is 0 Å². The molecule has 0 aliphatic carbocycles. The topological polar surface area (TPSA) is 78.9 Å². The predicted molar refractivity (Wildman–Crippen MR) is 77.2 cm³/mol. The molecule has 1 fully saturated rings. The number of carbonyl (C=O) groups is 2. The van der Waals surface area contributed by atoms with Gasteiger partial charge < -0.3 is 15.2 Å². The van der Waals surface area contributed by atoms with Crippen LogP contribution in [0.1, 0.15) is 12.0 Å². The molecule has 1 unspecified atom stereocenters. The number of halogens is 3. The Morgan fingerprint density at radius 2 is 1.96 bits per heavy atom. The molecule has 1 aromatic rings. The van der Waals surface area contributed by atoms with Gasteiger partial charge in [0.25, 0.3) is 0 Å². The lowest BCUT2D eigenvalue weighted by molar-refractivity contribution is -0.274. The van der Waals surface area contributed by atoms with Gasteiger partial charge in [-0.3, -0.25) is 14.5 Å². The minimum atomic E-state index is -4.74. The van der Waals surface area contributed by atoms with Gasteiger partial charge in [-0.05, 0) is 30.7 Å². The minimum Gasteiger partial charge on any atom is -0.481 e. The number of nitrogens with zero attached hydrogens (tertiary/aromatic N) is 1. The van der Waals surface area contributed by atoms with E-state index in [2.05, 4.69) is 10.1 Å². The van der Waals surface area contributed by atoms with E-state index in [1.807, 2.05) is 0 Å². The summed E-state index contributed by atoms with van der Waals surface area (Å²) in [4.78, 5) is 24.4. The zero-order valence-electron chi connectivity index (χ0n) is 12.7. The molecule has 1 atom stereocenters. The molecule has 0 bridgehead atoms. The highest BCUT2D eigenvalue weighted by atomic mass is 19.4. The van der Waals surface area contributed by atoms with Gasteiger partial charge >= 0.3 is 12.3 Å². The number of amides is 1. The molecule has 0 spiro atoms. The molecule has 132 valence electrons. The summed E-state index contributed by atoms with van der Waals surface area (Å²) in [6.07, 6.45) is -4.22. The molecular weight excluding hydrogens is 329 g/mol. The lowest BCUT2D eigenvalue weighted by atomic mass is 10.1.